The van der Waals surface area contributed by atoms with Gasteiger partial charge in [-0.1, -0.05) is 30.3 Å². The van der Waals surface area contributed by atoms with Crippen LogP contribution in [0.15, 0.2) is 90.0 Å². The lowest BCUT2D eigenvalue weighted by atomic mass is 10.0. The van der Waals surface area contributed by atoms with Crippen molar-refractivity contribution in [1.82, 2.24) is 5.43 Å². The van der Waals surface area contributed by atoms with E-state index in [0.29, 0.717) is 34.1 Å². The van der Waals surface area contributed by atoms with Crippen LogP contribution in [-0.2, 0) is 4.79 Å². The maximum absolute atomic E-state index is 12.7. The number of hydrogen-bond donors (Lipinski definition) is 1. The summed E-state index contributed by atoms with van der Waals surface area (Å²) in [6.07, 6.45) is 1.45. The molecule has 8 nitrogen and oxygen atoms in total. The minimum atomic E-state index is -0.528. The molecule has 1 amide bonds. The van der Waals surface area contributed by atoms with Crippen LogP contribution in [0.4, 0.5) is 0 Å². The highest BCUT2D eigenvalue weighted by atomic mass is 16.5. The zero-order chi connectivity index (χ0) is 25.3. The first kappa shape index (κ1) is 24.3. The van der Waals surface area contributed by atoms with E-state index < -0.39 is 11.9 Å². The van der Waals surface area contributed by atoms with E-state index in [2.05, 4.69) is 10.5 Å². The highest BCUT2D eigenvalue weighted by Gasteiger charge is 2.14. The standard InChI is InChI=1S/C28H24N2O6/c1-33-21-10-7-20(8-11-21)28(32)36-26-16-9-19-5-3-4-6-24(19)25(26)17-29-30-27(31)18-35-23-14-12-22(34-2)13-15-23/h3-17H,18H2,1-2H3,(H,30,31)/b29-17+. The number of carbonyl (C=O) groups excluding carboxylic acids is 2. The van der Waals surface area contributed by atoms with Crippen molar-refractivity contribution in [1.29, 1.82) is 0 Å². The third kappa shape index (κ3) is 5.98. The first-order valence-electron chi connectivity index (χ1n) is 11.0. The van der Waals surface area contributed by atoms with Gasteiger partial charge >= 0.3 is 5.97 Å². The number of amides is 1. The van der Waals surface area contributed by atoms with Gasteiger partial charge in [0.05, 0.1) is 26.0 Å². The number of benzene rings is 4. The molecule has 0 aliphatic heterocycles. The summed E-state index contributed by atoms with van der Waals surface area (Å²) in [5.74, 6) is 1.18. The number of fused-ring (bicyclic) bond motifs is 1. The summed E-state index contributed by atoms with van der Waals surface area (Å²) in [6.45, 7) is -0.224. The second-order valence-corrected chi connectivity index (χ2v) is 7.57. The maximum atomic E-state index is 12.7. The summed E-state index contributed by atoms with van der Waals surface area (Å²) in [6, 6.07) is 24.6. The molecule has 0 fully saturated rings. The second kappa shape index (κ2) is 11.5. The summed E-state index contributed by atoms with van der Waals surface area (Å²) >= 11 is 0. The molecule has 8 heteroatoms. The van der Waals surface area contributed by atoms with Crippen molar-refractivity contribution in [3.05, 3.63) is 96.1 Å². The molecule has 0 bridgehead atoms. The smallest absolute Gasteiger partial charge is 0.343 e. The van der Waals surface area contributed by atoms with Crippen molar-refractivity contribution >= 4 is 28.9 Å². The number of carbonyl (C=O) groups is 2. The van der Waals surface area contributed by atoms with Gasteiger partial charge in [-0.2, -0.15) is 5.10 Å². The van der Waals surface area contributed by atoms with E-state index in [0.717, 1.165) is 10.8 Å². The van der Waals surface area contributed by atoms with Crippen LogP contribution in [0.25, 0.3) is 10.8 Å². The lowest BCUT2D eigenvalue weighted by molar-refractivity contribution is -0.123. The van der Waals surface area contributed by atoms with Gasteiger partial charge in [0, 0.05) is 5.56 Å². The molecule has 182 valence electrons. The number of nitrogens with zero attached hydrogens (tertiary/aromatic N) is 1. The molecule has 0 aliphatic carbocycles. The van der Waals surface area contributed by atoms with Gasteiger partial charge in [0.2, 0.25) is 0 Å². The summed E-state index contributed by atoms with van der Waals surface area (Å²) in [4.78, 5) is 25.0. The van der Waals surface area contributed by atoms with Crippen LogP contribution in [0.1, 0.15) is 15.9 Å². The number of hydrazone groups is 1. The van der Waals surface area contributed by atoms with E-state index in [4.69, 9.17) is 18.9 Å². The summed E-state index contributed by atoms with van der Waals surface area (Å²) in [5, 5.41) is 5.80. The molecule has 4 aromatic carbocycles. The van der Waals surface area contributed by atoms with Gasteiger partial charge in [0.25, 0.3) is 5.91 Å². The Labute approximate surface area is 208 Å². The van der Waals surface area contributed by atoms with Crippen molar-refractivity contribution in [2.45, 2.75) is 0 Å². The molecule has 4 rings (SSSR count). The van der Waals surface area contributed by atoms with Gasteiger partial charge in [-0.25, -0.2) is 10.2 Å². The minimum absolute atomic E-state index is 0.224. The Hall–Kier alpha value is -4.85. The molecule has 0 saturated heterocycles. The lowest BCUT2D eigenvalue weighted by Crippen LogP contribution is -2.24. The molecule has 1 N–H and O–H groups in total. The number of ether oxygens (including phenoxy) is 4. The number of hydrogen-bond acceptors (Lipinski definition) is 7. The zero-order valence-corrected chi connectivity index (χ0v) is 19.8. The fourth-order valence-electron chi connectivity index (χ4n) is 3.41. The molecular formula is C28H24N2O6. The highest BCUT2D eigenvalue weighted by molar-refractivity contribution is 6.04. The van der Waals surface area contributed by atoms with E-state index in [1.807, 2.05) is 30.3 Å². The quantitative estimate of drug-likeness (QED) is 0.161. The largest absolute Gasteiger partial charge is 0.497 e. The molecule has 0 heterocycles. The minimum Gasteiger partial charge on any atom is -0.497 e. The Morgan fingerprint density at radius 2 is 1.44 bits per heavy atom. The zero-order valence-electron chi connectivity index (χ0n) is 19.8. The molecule has 0 atom stereocenters. The third-order valence-corrected chi connectivity index (χ3v) is 5.27. The Bertz CT molecular complexity index is 1380. The molecule has 0 spiro atoms. The molecule has 36 heavy (non-hydrogen) atoms. The molecule has 4 aromatic rings. The lowest BCUT2D eigenvalue weighted by Gasteiger charge is -2.11. The molecule has 0 aromatic heterocycles. The van der Waals surface area contributed by atoms with Crippen molar-refractivity contribution in [3.8, 4) is 23.0 Å². The van der Waals surface area contributed by atoms with E-state index >= 15 is 0 Å². The van der Waals surface area contributed by atoms with Crippen LogP contribution >= 0.6 is 0 Å². The fourth-order valence-corrected chi connectivity index (χ4v) is 3.41. The van der Waals surface area contributed by atoms with Gasteiger partial charge in [-0.15, -0.1) is 0 Å². The number of methoxy groups -OCH3 is 2. The maximum Gasteiger partial charge on any atom is 0.343 e. The van der Waals surface area contributed by atoms with Crippen LogP contribution in [0.2, 0.25) is 0 Å². The van der Waals surface area contributed by atoms with Gasteiger partial charge in [-0.05, 0) is 65.4 Å². The van der Waals surface area contributed by atoms with Gasteiger partial charge in [0.1, 0.15) is 23.0 Å². The fraction of sp³-hybridized carbons (Fsp3) is 0.107. The second-order valence-electron chi connectivity index (χ2n) is 7.57. The summed E-state index contributed by atoms with van der Waals surface area (Å²) in [7, 11) is 3.13. The van der Waals surface area contributed by atoms with E-state index in [1.54, 1.807) is 68.8 Å². The van der Waals surface area contributed by atoms with Crippen LogP contribution in [-0.4, -0.2) is 38.9 Å². The van der Waals surface area contributed by atoms with E-state index in [9.17, 15) is 9.59 Å². The van der Waals surface area contributed by atoms with Crippen molar-refractivity contribution in [2.75, 3.05) is 20.8 Å². The average molecular weight is 485 g/mol. The highest BCUT2D eigenvalue weighted by Crippen LogP contribution is 2.27. The number of nitrogens with one attached hydrogen (secondary N) is 1. The van der Waals surface area contributed by atoms with E-state index in [1.165, 1.54) is 6.21 Å². The Kier molecular flexibility index (Phi) is 7.77. The first-order chi connectivity index (χ1) is 17.6. The summed E-state index contributed by atoms with van der Waals surface area (Å²) < 4.78 is 21.4. The Balaban J connectivity index is 1.47. The monoisotopic (exact) mass is 484 g/mol. The molecule has 0 unspecified atom stereocenters. The van der Waals surface area contributed by atoms with Crippen LogP contribution in [0.5, 0.6) is 23.0 Å². The van der Waals surface area contributed by atoms with Gasteiger partial charge in [0.15, 0.2) is 6.61 Å². The number of esters is 1. The third-order valence-electron chi connectivity index (χ3n) is 5.27. The Morgan fingerprint density at radius 1 is 0.806 bits per heavy atom. The SMILES string of the molecule is COc1ccc(OCC(=O)N/N=C/c2c(OC(=O)c3ccc(OC)cc3)ccc3ccccc23)cc1. The Morgan fingerprint density at radius 3 is 2.14 bits per heavy atom. The molecule has 0 radical (unpaired) electrons. The van der Waals surface area contributed by atoms with Crippen LogP contribution in [0, 0.1) is 0 Å². The van der Waals surface area contributed by atoms with Crippen molar-refractivity contribution in [2.24, 2.45) is 5.10 Å². The molecule has 0 saturated carbocycles. The predicted molar refractivity (Wildman–Crippen MR) is 136 cm³/mol. The van der Waals surface area contributed by atoms with Crippen LogP contribution in [0.3, 0.4) is 0 Å². The van der Waals surface area contributed by atoms with Crippen LogP contribution < -0.4 is 24.4 Å². The van der Waals surface area contributed by atoms with Crippen molar-refractivity contribution in [3.63, 3.8) is 0 Å². The normalized spacial score (nSPS) is 10.7. The van der Waals surface area contributed by atoms with Gasteiger partial charge in [-0.3, -0.25) is 4.79 Å². The van der Waals surface area contributed by atoms with E-state index in [-0.39, 0.29) is 6.61 Å². The topological polar surface area (TPSA) is 95.5 Å². The first-order valence-corrected chi connectivity index (χ1v) is 11.0. The molecular weight excluding hydrogens is 460 g/mol. The molecule has 0 aliphatic rings. The number of rotatable bonds is 9. The predicted octanol–water partition coefficient (Wildman–Crippen LogP) is 4.61. The summed E-state index contributed by atoms with van der Waals surface area (Å²) in [5.41, 5.74) is 3.36. The average Bonchev–Trinajstić information content (AvgIpc) is 2.93. The van der Waals surface area contributed by atoms with Gasteiger partial charge < -0.3 is 18.9 Å². The van der Waals surface area contributed by atoms with Crippen molar-refractivity contribution < 1.29 is 28.5 Å².